The monoisotopic (exact) mass is 163 g/mol. The molecular weight excluding hydrogens is 150 g/mol. The largest absolute Gasteiger partial charge is 0.298 e. The van der Waals surface area contributed by atoms with E-state index in [0.717, 1.165) is 24.8 Å². The highest BCUT2D eigenvalue weighted by Crippen LogP contribution is 2.08. The molecule has 0 saturated carbocycles. The van der Waals surface area contributed by atoms with Gasteiger partial charge in [0.15, 0.2) is 6.29 Å². The van der Waals surface area contributed by atoms with Gasteiger partial charge >= 0.3 is 0 Å². The Balaban J connectivity index is 3.10. The molecule has 0 bridgehead atoms. The van der Waals surface area contributed by atoms with Gasteiger partial charge in [0.2, 0.25) is 0 Å². The van der Waals surface area contributed by atoms with Crippen LogP contribution in [-0.2, 0) is 12.8 Å². The maximum atomic E-state index is 10.4. The van der Waals surface area contributed by atoms with E-state index in [2.05, 4.69) is 18.8 Å². The molecule has 0 saturated heterocycles. The first-order chi connectivity index (χ1) is 5.81. The molecule has 2 heteroatoms. The number of pyridine rings is 1. The summed E-state index contributed by atoms with van der Waals surface area (Å²) in [7, 11) is 0. The van der Waals surface area contributed by atoms with Gasteiger partial charge in [-0.3, -0.25) is 9.78 Å². The molecule has 2 nitrogen and oxygen atoms in total. The van der Waals surface area contributed by atoms with Crippen molar-refractivity contribution in [2.24, 2.45) is 0 Å². The minimum absolute atomic E-state index is 0.670. The molecule has 0 aromatic carbocycles. The Hall–Kier alpha value is -1.18. The van der Waals surface area contributed by atoms with E-state index in [1.807, 2.05) is 6.07 Å². The molecule has 1 rings (SSSR count). The van der Waals surface area contributed by atoms with Crippen molar-refractivity contribution >= 4 is 6.29 Å². The van der Waals surface area contributed by atoms with Gasteiger partial charge in [0.25, 0.3) is 0 Å². The van der Waals surface area contributed by atoms with Gasteiger partial charge in [0.05, 0.1) is 0 Å². The van der Waals surface area contributed by atoms with Crippen LogP contribution in [0.4, 0.5) is 0 Å². The average Bonchev–Trinajstić information content (AvgIpc) is 2.16. The third kappa shape index (κ3) is 1.70. The molecule has 0 aliphatic rings. The molecule has 1 aromatic heterocycles. The van der Waals surface area contributed by atoms with E-state index in [-0.39, 0.29) is 0 Å². The molecule has 0 N–H and O–H groups in total. The lowest BCUT2D eigenvalue weighted by atomic mass is 10.1. The third-order valence-corrected chi connectivity index (χ3v) is 1.93. The molecule has 12 heavy (non-hydrogen) atoms. The van der Waals surface area contributed by atoms with Crippen LogP contribution in [0, 0.1) is 0 Å². The maximum absolute atomic E-state index is 10.4. The van der Waals surface area contributed by atoms with Crippen molar-refractivity contribution in [3.8, 4) is 0 Å². The highest BCUT2D eigenvalue weighted by atomic mass is 16.1. The van der Waals surface area contributed by atoms with E-state index < -0.39 is 0 Å². The van der Waals surface area contributed by atoms with Gasteiger partial charge in [-0.05, 0) is 24.5 Å². The summed E-state index contributed by atoms with van der Waals surface area (Å²) in [4.78, 5) is 14.6. The van der Waals surface area contributed by atoms with E-state index >= 15 is 0 Å². The SMILES string of the molecule is CCc1cc(C=O)cnc1CC. The van der Waals surface area contributed by atoms with Gasteiger partial charge in [-0.15, -0.1) is 0 Å². The van der Waals surface area contributed by atoms with Crippen molar-refractivity contribution in [1.82, 2.24) is 4.98 Å². The fourth-order valence-corrected chi connectivity index (χ4v) is 1.25. The lowest BCUT2D eigenvalue weighted by Gasteiger charge is -2.03. The van der Waals surface area contributed by atoms with Crippen LogP contribution < -0.4 is 0 Å². The van der Waals surface area contributed by atoms with Crippen LogP contribution in [0.25, 0.3) is 0 Å². The predicted molar refractivity (Wildman–Crippen MR) is 48.4 cm³/mol. The Bertz CT molecular complexity index is 281. The molecule has 0 unspecified atom stereocenters. The summed E-state index contributed by atoms with van der Waals surface area (Å²) in [6.45, 7) is 4.15. The topological polar surface area (TPSA) is 30.0 Å². The zero-order valence-electron chi connectivity index (χ0n) is 7.50. The fourth-order valence-electron chi connectivity index (χ4n) is 1.25. The van der Waals surface area contributed by atoms with Crippen LogP contribution in [0.1, 0.15) is 35.5 Å². The number of aldehydes is 1. The van der Waals surface area contributed by atoms with E-state index in [1.165, 1.54) is 5.56 Å². The lowest BCUT2D eigenvalue weighted by molar-refractivity contribution is 0.112. The third-order valence-electron chi connectivity index (χ3n) is 1.93. The minimum atomic E-state index is 0.670. The number of aryl methyl sites for hydroxylation is 2. The Morgan fingerprint density at radius 2 is 2.17 bits per heavy atom. The Morgan fingerprint density at radius 1 is 1.42 bits per heavy atom. The van der Waals surface area contributed by atoms with Crippen molar-refractivity contribution in [2.75, 3.05) is 0 Å². The summed E-state index contributed by atoms with van der Waals surface area (Å²) in [5.74, 6) is 0. The Kier molecular flexibility index (Phi) is 2.97. The molecule has 0 fully saturated rings. The number of aromatic nitrogens is 1. The Morgan fingerprint density at radius 3 is 2.67 bits per heavy atom. The zero-order valence-corrected chi connectivity index (χ0v) is 7.50. The van der Waals surface area contributed by atoms with Crippen LogP contribution in [0.3, 0.4) is 0 Å². The van der Waals surface area contributed by atoms with Gasteiger partial charge in [0, 0.05) is 17.5 Å². The molecule has 64 valence electrons. The molecule has 0 aliphatic carbocycles. The average molecular weight is 163 g/mol. The molecular formula is C10H13NO. The quantitative estimate of drug-likeness (QED) is 0.638. The van der Waals surface area contributed by atoms with Crippen LogP contribution in [0.2, 0.25) is 0 Å². The summed E-state index contributed by atoms with van der Waals surface area (Å²) >= 11 is 0. The van der Waals surface area contributed by atoms with Crippen molar-refractivity contribution < 1.29 is 4.79 Å². The summed E-state index contributed by atoms with van der Waals surface area (Å²) < 4.78 is 0. The first-order valence-electron chi connectivity index (χ1n) is 4.24. The standard InChI is InChI=1S/C10H13NO/c1-3-9-5-8(7-12)6-11-10(9)4-2/h5-7H,3-4H2,1-2H3. The van der Waals surface area contributed by atoms with E-state index in [0.29, 0.717) is 5.56 Å². The van der Waals surface area contributed by atoms with Gasteiger partial charge in [-0.1, -0.05) is 13.8 Å². The first-order valence-corrected chi connectivity index (χ1v) is 4.24. The van der Waals surface area contributed by atoms with Crippen LogP contribution >= 0.6 is 0 Å². The molecule has 0 atom stereocenters. The minimum Gasteiger partial charge on any atom is -0.298 e. The highest BCUT2D eigenvalue weighted by molar-refractivity contribution is 5.74. The molecule has 0 spiro atoms. The summed E-state index contributed by atoms with van der Waals surface area (Å²) in [6.07, 6.45) is 4.34. The van der Waals surface area contributed by atoms with Crippen molar-refractivity contribution in [3.05, 3.63) is 29.1 Å². The van der Waals surface area contributed by atoms with Crippen LogP contribution in [0.15, 0.2) is 12.3 Å². The molecule has 0 amide bonds. The smallest absolute Gasteiger partial charge is 0.151 e. The second-order valence-corrected chi connectivity index (χ2v) is 2.70. The van der Waals surface area contributed by atoms with Gasteiger partial charge in [0.1, 0.15) is 0 Å². The van der Waals surface area contributed by atoms with Crippen LogP contribution in [0.5, 0.6) is 0 Å². The van der Waals surface area contributed by atoms with Crippen molar-refractivity contribution in [1.29, 1.82) is 0 Å². The molecule has 1 heterocycles. The van der Waals surface area contributed by atoms with E-state index in [4.69, 9.17) is 0 Å². The van der Waals surface area contributed by atoms with Crippen molar-refractivity contribution in [3.63, 3.8) is 0 Å². The number of rotatable bonds is 3. The highest BCUT2D eigenvalue weighted by Gasteiger charge is 2.00. The second kappa shape index (κ2) is 4.00. The number of hydrogen-bond donors (Lipinski definition) is 0. The van der Waals surface area contributed by atoms with Gasteiger partial charge < -0.3 is 0 Å². The van der Waals surface area contributed by atoms with E-state index in [9.17, 15) is 4.79 Å². The number of carbonyl (C=O) groups excluding carboxylic acids is 1. The summed E-state index contributed by atoms with van der Waals surface area (Å²) in [5, 5.41) is 0. The lowest BCUT2D eigenvalue weighted by Crippen LogP contribution is -1.96. The Labute approximate surface area is 72.6 Å². The van der Waals surface area contributed by atoms with E-state index in [1.54, 1.807) is 6.20 Å². The van der Waals surface area contributed by atoms with Crippen molar-refractivity contribution in [2.45, 2.75) is 26.7 Å². The number of nitrogens with zero attached hydrogens (tertiary/aromatic N) is 1. The normalized spacial score (nSPS) is 9.83. The van der Waals surface area contributed by atoms with Gasteiger partial charge in [-0.25, -0.2) is 0 Å². The molecule has 0 aliphatic heterocycles. The second-order valence-electron chi connectivity index (χ2n) is 2.70. The maximum Gasteiger partial charge on any atom is 0.151 e. The molecule has 1 aromatic rings. The zero-order chi connectivity index (χ0) is 8.97. The summed E-state index contributed by atoms with van der Waals surface area (Å²) in [6, 6.07) is 1.92. The molecule has 0 radical (unpaired) electrons. The summed E-state index contributed by atoms with van der Waals surface area (Å²) in [5.41, 5.74) is 2.95. The number of hydrogen-bond acceptors (Lipinski definition) is 2. The fraction of sp³-hybridized carbons (Fsp3) is 0.400. The van der Waals surface area contributed by atoms with Crippen LogP contribution in [-0.4, -0.2) is 11.3 Å². The predicted octanol–water partition coefficient (Wildman–Crippen LogP) is 2.02. The van der Waals surface area contributed by atoms with Gasteiger partial charge in [-0.2, -0.15) is 0 Å². The number of carbonyl (C=O) groups is 1. The first kappa shape index (κ1) is 8.91.